The molecule has 0 spiro atoms. The first-order valence-corrected chi connectivity index (χ1v) is 13.0. The molecule has 4 atom stereocenters. The van der Waals surface area contributed by atoms with Crippen molar-refractivity contribution in [2.24, 2.45) is 22.7 Å². The highest BCUT2D eigenvalue weighted by Gasteiger charge is 2.61. The molecule has 1 amide bonds. The number of carbonyl (C=O) groups excluding carboxylic acids is 1. The fraction of sp³-hybridized carbons (Fsp3) is 0.962. The van der Waals surface area contributed by atoms with Gasteiger partial charge in [0.2, 0.25) is 5.91 Å². The minimum Gasteiger partial charge on any atom is -0.390 e. The van der Waals surface area contributed by atoms with E-state index in [9.17, 15) is 9.90 Å². The van der Waals surface area contributed by atoms with E-state index in [2.05, 4.69) is 24.1 Å². The third kappa shape index (κ3) is 4.60. The molecule has 4 nitrogen and oxygen atoms in total. The summed E-state index contributed by atoms with van der Waals surface area (Å²) in [5.74, 6) is 1.69. The quantitative estimate of drug-likeness (QED) is 0.645. The van der Waals surface area contributed by atoms with Crippen LogP contribution in [-0.2, 0) is 4.79 Å². The molecule has 1 heterocycles. The molecule has 4 heteroatoms. The van der Waals surface area contributed by atoms with Gasteiger partial charge in [-0.2, -0.15) is 0 Å². The van der Waals surface area contributed by atoms with Crippen LogP contribution in [0.15, 0.2) is 0 Å². The molecule has 3 aliphatic carbocycles. The zero-order valence-electron chi connectivity index (χ0n) is 19.8. The minimum atomic E-state index is -0.553. The van der Waals surface area contributed by atoms with E-state index in [4.69, 9.17) is 0 Å². The van der Waals surface area contributed by atoms with Gasteiger partial charge in [0.1, 0.15) is 0 Å². The number of hydrogen-bond donors (Lipinski definition) is 2. The maximum atomic E-state index is 12.9. The number of nitrogens with one attached hydrogen (secondary N) is 1. The lowest BCUT2D eigenvalue weighted by atomic mass is 9.57. The molecular weight excluding hydrogens is 372 g/mol. The molecule has 0 radical (unpaired) electrons. The summed E-state index contributed by atoms with van der Waals surface area (Å²) < 4.78 is 0. The van der Waals surface area contributed by atoms with Gasteiger partial charge in [-0.1, -0.05) is 33.1 Å². The second kappa shape index (κ2) is 8.73. The first-order valence-electron chi connectivity index (χ1n) is 13.0. The first kappa shape index (κ1) is 22.6. The summed E-state index contributed by atoms with van der Waals surface area (Å²) in [4.78, 5) is 15.0. The second-order valence-corrected chi connectivity index (χ2v) is 12.2. The van der Waals surface area contributed by atoms with Gasteiger partial charge in [-0.3, -0.25) is 4.79 Å². The summed E-state index contributed by atoms with van der Waals surface area (Å²) in [7, 11) is 0. The highest BCUT2D eigenvalue weighted by molar-refractivity contribution is 5.76. The third-order valence-electron chi connectivity index (χ3n) is 9.48. The zero-order valence-corrected chi connectivity index (χ0v) is 19.8. The zero-order chi connectivity index (χ0) is 21.4. The number of rotatable bonds is 6. The number of hydrogen-bond acceptors (Lipinski definition) is 3. The van der Waals surface area contributed by atoms with Crippen LogP contribution in [0.5, 0.6) is 0 Å². The van der Waals surface area contributed by atoms with E-state index in [0.29, 0.717) is 24.3 Å². The molecule has 4 aliphatic rings. The largest absolute Gasteiger partial charge is 0.390 e. The van der Waals surface area contributed by atoms with Crippen LogP contribution in [0.4, 0.5) is 0 Å². The maximum absolute atomic E-state index is 12.9. The Bertz CT molecular complexity index is 604. The molecule has 172 valence electrons. The molecule has 1 saturated heterocycles. The lowest BCUT2D eigenvalue weighted by Crippen LogP contribution is -2.52. The van der Waals surface area contributed by atoms with Crippen LogP contribution >= 0.6 is 0 Å². The van der Waals surface area contributed by atoms with E-state index >= 15 is 0 Å². The second-order valence-electron chi connectivity index (χ2n) is 12.2. The van der Waals surface area contributed by atoms with Crippen molar-refractivity contribution in [2.45, 2.75) is 116 Å². The summed E-state index contributed by atoms with van der Waals surface area (Å²) in [6, 6.07) is 0.488. The standard InChI is InChI=1S/C26H46N2O2/c1-24(2)18-22(27-19-20-9-5-4-6-10-20)26(14-13-25(3,30)17-21(24)26)12-11-23(29)28-15-7-8-16-28/h20-22,27,30H,4-19H2,1-3H3. The van der Waals surface area contributed by atoms with Gasteiger partial charge in [0.25, 0.3) is 0 Å². The molecule has 4 rings (SSSR count). The van der Waals surface area contributed by atoms with Gasteiger partial charge in [0.05, 0.1) is 5.60 Å². The van der Waals surface area contributed by atoms with Crippen molar-refractivity contribution < 1.29 is 9.90 Å². The fourth-order valence-electron chi connectivity index (χ4n) is 7.68. The highest BCUT2D eigenvalue weighted by Crippen LogP contribution is 2.64. The first-order chi connectivity index (χ1) is 14.2. The van der Waals surface area contributed by atoms with Gasteiger partial charge in [-0.25, -0.2) is 0 Å². The van der Waals surface area contributed by atoms with Crippen molar-refractivity contribution in [3.63, 3.8) is 0 Å². The molecule has 4 unspecified atom stereocenters. The Balaban J connectivity index is 1.50. The molecule has 4 fully saturated rings. The van der Waals surface area contributed by atoms with Crippen LogP contribution in [0.2, 0.25) is 0 Å². The average Bonchev–Trinajstić information content (AvgIpc) is 3.31. The van der Waals surface area contributed by atoms with E-state index in [0.717, 1.165) is 51.2 Å². The van der Waals surface area contributed by atoms with Crippen molar-refractivity contribution in [3.8, 4) is 0 Å². The SMILES string of the molecule is CC1(O)CCC2(CCC(=O)N3CCCC3)C(NCC3CCCCC3)CC(C)(C)C2C1. The minimum absolute atomic E-state index is 0.162. The van der Waals surface area contributed by atoms with Gasteiger partial charge in [0, 0.05) is 25.6 Å². The number of amides is 1. The molecule has 0 aromatic heterocycles. The van der Waals surface area contributed by atoms with E-state index in [-0.39, 0.29) is 10.8 Å². The molecule has 30 heavy (non-hydrogen) atoms. The van der Waals surface area contributed by atoms with Crippen LogP contribution in [0.25, 0.3) is 0 Å². The lowest BCUT2D eigenvalue weighted by Gasteiger charge is -2.51. The summed E-state index contributed by atoms with van der Waals surface area (Å²) >= 11 is 0. The number of fused-ring (bicyclic) bond motifs is 1. The van der Waals surface area contributed by atoms with E-state index in [1.165, 1.54) is 51.4 Å². The van der Waals surface area contributed by atoms with Crippen molar-refractivity contribution in [2.75, 3.05) is 19.6 Å². The summed E-state index contributed by atoms with van der Waals surface area (Å²) in [6.45, 7) is 9.92. The van der Waals surface area contributed by atoms with Crippen LogP contribution in [0.1, 0.15) is 104 Å². The monoisotopic (exact) mass is 418 g/mol. The van der Waals surface area contributed by atoms with Crippen LogP contribution in [-0.4, -0.2) is 47.2 Å². The Labute approximate surface area is 184 Å². The number of likely N-dealkylation sites (tertiary alicyclic amines) is 1. The van der Waals surface area contributed by atoms with Gasteiger partial charge < -0.3 is 15.3 Å². The smallest absolute Gasteiger partial charge is 0.222 e. The van der Waals surface area contributed by atoms with Crippen molar-refractivity contribution in [1.29, 1.82) is 0 Å². The summed E-state index contributed by atoms with van der Waals surface area (Å²) in [6.07, 6.45) is 15.0. The van der Waals surface area contributed by atoms with Crippen molar-refractivity contribution in [3.05, 3.63) is 0 Å². The van der Waals surface area contributed by atoms with E-state index in [1.807, 2.05) is 6.92 Å². The van der Waals surface area contributed by atoms with Gasteiger partial charge in [-0.15, -0.1) is 0 Å². The number of carbonyl (C=O) groups is 1. The van der Waals surface area contributed by atoms with Gasteiger partial charge in [0.15, 0.2) is 0 Å². The highest BCUT2D eigenvalue weighted by atomic mass is 16.3. The summed E-state index contributed by atoms with van der Waals surface area (Å²) in [5.41, 5.74) is -0.177. The molecular formula is C26H46N2O2. The van der Waals surface area contributed by atoms with Gasteiger partial charge in [-0.05, 0) is 93.9 Å². The van der Waals surface area contributed by atoms with Gasteiger partial charge >= 0.3 is 0 Å². The maximum Gasteiger partial charge on any atom is 0.222 e. The molecule has 3 saturated carbocycles. The Morgan fingerprint density at radius 3 is 2.40 bits per heavy atom. The number of aliphatic hydroxyl groups is 1. The van der Waals surface area contributed by atoms with E-state index in [1.54, 1.807) is 0 Å². The Hall–Kier alpha value is -0.610. The molecule has 0 aromatic rings. The Kier molecular flexibility index (Phi) is 6.57. The topological polar surface area (TPSA) is 52.6 Å². The van der Waals surface area contributed by atoms with Crippen LogP contribution < -0.4 is 5.32 Å². The number of nitrogens with zero attached hydrogens (tertiary/aromatic N) is 1. The predicted molar refractivity (Wildman–Crippen MR) is 122 cm³/mol. The summed E-state index contributed by atoms with van der Waals surface area (Å²) in [5, 5.41) is 15.0. The van der Waals surface area contributed by atoms with Crippen LogP contribution in [0.3, 0.4) is 0 Å². The Morgan fingerprint density at radius 2 is 1.70 bits per heavy atom. The molecule has 2 N–H and O–H groups in total. The van der Waals surface area contributed by atoms with Crippen molar-refractivity contribution in [1.82, 2.24) is 10.2 Å². The fourth-order valence-corrected chi connectivity index (χ4v) is 7.68. The average molecular weight is 419 g/mol. The Morgan fingerprint density at radius 1 is 1.00 bits per heavy atom. The third-order valence-corrected chi connectivity index (χ3v) is 9.48. The van der Waals surface area contributed by atoms with Crippen molar-refractivity contribution >= 4 is 5.91 Å². The molecule has 0 bridgehead atoms. The predicted octanol–water partition coefficient (Wildman–Crippen LogP) is 4.89. The molecule has 0 aromatic carbocycles. The lowest BCUT2D eigenvalue weighted by molar-refractivity contribution is -0.132. The molecule has 1 aliphatic heterocycles. The van der Waals surface area contributed by atoms with E-state index < -0.39 is 5.60 Å². The van der Waals surface area contributed by atoms with Crippen LogP contribution in [0, 0.1) is 22.7 Å². The normalized spacial score (nSPS) is 39.3.